The van der Waals surface area contributed by atoms with E-state index in [4.69, 9.17) is 0 Å². The van der Waals surface area contributed by atoms with E-state index in [1.807, 2.05) is 25.3 Å². The molecule has 0 aliphatic rings. The SMILES string of the molecule is Cc1nc(CCCNc2nc(NCCc3nccc(C(F)(F)F)n3)c3ncn(C(C)C)c3n2)cs1. The predicted octanol–water partition coefficient (Wildman–Crippen LogP) is 4.68. The molecule has 0 fully saturated rings. The van der Waals surface area contributed by atoms with Gasteiger partial charge in [0.05, 0.1) is 17.0 Å². The normalized spacial score (nSPS) is 12.0. The van der Waals surface area contributed by atoms with Gasteiger partial charge in [-0.25, -0.2) is 19.9 Å². The second-order valence-corrected chi connectivity index (χ2v) is 9.30. The Morgan fingerprint density at radius 3 is 2.57 bits per heavy atom. The molecule has 0 aromatic carbocycles. The molecule has 4 aromatic heterocycles. The minimum Gasteiger partial charge on any atom is -0.368 e. The quantitative estimate of drug-likeness (QED) is 0.299. The molecule has 0 spiro atoms. The first-order chi connectivity index (χ1) is 16.7. The molecule has 0 aliphatic heterocycles. The smallest absolute Gasteiger partial charge is 0.368 e. The van der Waals surface area contributed by atoms with E-state index in [1.165, 1.54) is 0 Å². The summed E-state index contributed by atoms with van der Waals surface area (Å²) in [5.41, 5.74) is 1.38. The van der Waals surface area contributed by atoms with E-state index in [1.54, 1.807) is 17.7 Å². The van der Waals surface area contributed by atoms with Crippen LogP contribution in [0.3, 0.4) is 0 Å². The molecule has 0 saturated carbocycles. The molecule has 4 rings (SSSR count). The molecule has 13 heteroatoms. The maximum absolute atomic E-state index is 12.9. The molecule has 0 saturated heterocycles. The van der Waals surface area contributed by atoms with Gasteiger partial charge < -0.3 is 15.2 Å². The zero-order valence-corrected chi connectivity index (χ0v) is 20.4. The van der Waals surface area contributed by atoms with E-state index < -0.39 is 11.9 Å². The van der Waals surface area contributed by atoms with E-state index in [0.29, 0.717) is 29.5 Å². The maximum atomic E-state index is 12.9. The lowest BCUT2D eigenvalue weighted by Crippen LogP contribution is -2.14. The third-order valence-corrected chi connectivity index (χ3v) is 6.00. The number of rotatable bonds is 10. The average Bonchev–Trinajstić information content (AvgIpc) is 3.42. The molecule has 0 unspecified atom stereocenters. The molecule has 9 nitrogen and oxygen atoms in total. The zero-order valence-electron chi connectivity index (χ0n) is 19.6. The minimum atomic E-state index is -4.51. The average molecular weight is 506 g/mol. The van der Waals surface area contributed by atoms with Crippen LogP contribution in [0.5, 0.6) is 0 Å². The summed E-state index contributed by atoms with van der Waals surface area (Å²) >= 11 is 1.64. The largest absolute Gasteiger partial charge is 0.433 e. The lowest BCUT2D eigenvalue weighted by Gasteiger charge is -2.12. The van der Waals surface area contributed by atoms with Crippen LogP contribution in [0.25, 0.3) is 11.2 Å². The van der Waals surface area contributed by atoms with Crippen molar-refractivity contribution >= 4 is 34.3 Å². The number of hydrogen-bond acceptors (Lipinski definition) is 9. The first-order valence-electron chi connectivity index (χ1n) is 11.2. The highest BCUT2D eigenvalue weighted by Gasteiger charge is 2.32. The van der Waals surface area contributed by atoms with Gasteiger partial charge in [0.2, 0.25) is 5.95 Å². The second kappa shape index (κ2) is 10.5. The number of thiazole rings is 1. The molecule has 0 amide bonds. The highest BCUT2D eigenvalue weighted by molar-refractivity contribution is 7.09. The van der Waals surface area contributed by atoms with Gasteiger partial charge in [-0.15, -0.1) is 11.3 Å². The predicted molar refractivity (Wildman–Crippen MR) is 129 cm³/mol. The number of anilines is 2. The van der Waals surface area contributed by atoms with Crippen molar-refractivity contribution in [2.45, 2.75) is 52.3 Å². The monoisotopic (exact) mass is 505 g/mol. The fraction of sp³-hybridized carbons (Fsp3) is 0.455. The molecule has 4 heterocycles. The number of alkyl halides is 3. The topological polar surface area (TPSA) is 106 Å². The Morgan fingerprint density at radius 1 is 1.03 bits per heavy atom. The number of aryl methyl sites for hydroxylation is 2. The molecule has 0 bridgehead atoms. The number of nitrogens with zero attached hydrogens (tertiary/aromatic N) is 7. The number of nitrogens with one attached hydrogen (secondary N) is 2. The molecule has 0 aliphatic carbocycles. The summed E-state index contributed by atoms with van der Waals surface area (Å²) in [6, 6.07) is 0.999. The Balaban J connectivity index is 1.46. The van der Waals surface area contributed by atoms with Crippen LogP contribution in [-0.2, 0) is 19.0 Å². The first kappa shape index (κ1) is 24.8. The van der Waals surface area contributed by atoms with Crippen LogP contribution in [0.2, 0.25) is 0 Å². The van der Waals surface area contributed by atoms with Crippen LogP contribution in [0, 0.1) is 6.92 Å². The maximum Gasteiger partial charge on any atom is 0.433 e. The Labute approximate surface area is 204 Å². The van der Waals surface area contributed by atoms with Gasteiger partial charge in [0.25, 0.3) is 0 Å². The highest BCUT2D eigenvalue weighted by atomic mass is 32.1. The van der Waals surface area contributed by atoms with Crippen LogP contribution in [0.15, 0.2) is 24.0 Å². The van der Waals surface area contributed by atoms with Crippen molar-refractivity contribution in [2.24, 2.45) is 0 Å². The molecular weight excluding hydrogens is 479 g/mol. The molecule has 0 radical (unpaired) electrons. The lowest BCUT2D eigenvalue weighted by atomic mass is 10.2. The van der Waals surface area contributed by atoms with Crippen LogP contribution < -0.4 is 10.6 Å². The minimum absolute atomic E-state index is 0.0981. The van der Waals surface area contributed by atoms with E-state index in [9.17, 15) is 13.2 Å². The summed E-state index contributed by atoms with van der Waals surface area (Å²) in [5.74, 6) is 1.05. The van der Waals surface area contributed by atoms with Crippen molar-refractivity contribution in [1.29, 1.82) is 0 Å². The Kier molecular flexibility index (Phi) is 7.43. The summed E-state index contributed by atoms with van der Waals surface area (Å²) in [6.07, 6.45) is 0.227. The van der Waals surface area contributed by atoms with E-state index in [2.05, 4.69) is 45.9 Å². The fourth-order valence-corrected chi connectivity index (χ4v) is 4.11. The van der Waals surface area contributed by atoms with Crippen LogP contribution in [0.1, 0.15) is 48.5 Å². The van der Waals surface area contributed by atoms with E-state index in [-0.39, 0.29) is 24.8 Å². The Bertz CT molecular complexity index is 1280. The second-order valence-electron chi connectivity index (χ2n) is 8.23. The summed E-state index contributed by atoms with van der Waals surface area (Å²) in [5, 5.41) is 9.55. The summed E-state index contributed by atoms with van der Waals surface area (Å²) in [6.45, 7) is 7.00. The van der Waals surface area contributed by atoms with Crippen molar-refractivity contribution in [3.8, 4) is 0 Å². The number of fused-ring (bicyclic) bond motifs is 1. The molecule has 0 atom stereocenters. The van der Waals surface area contributed by atoms with Crippen LogP contribution in [0.4, 0.5) is 24.9 Å². The van der Waals surface area contributed by atoms with Gasteiger partial charge in [0.1, 0.15) is 11.5 Å². The van der Waals surface area contributed by atoms with Crippen LogP contribution in [-0.4, -0.2) is 47.6 Å². The number of aromatic nitrogens is 7. The summed E-state index contributed by atoms with van der Waals surface area (Å²) in [7, 11) is 0. The molecule has 2 N–H and O–H groups in total. The van der Waals surface area contributed by atoms with Crippen molar-refractivity contribution in [3.05, 3.63) is 46.2 Å². The Hall–Kier alpha value is -3.35. The standard InChI is InChI=1S/C22H26F3N9S/c1-13(2)34-12-29-18-19(27-10-7-17-26-9-6-16(31-17)22(23,24)25)32-21(33-20(18)34)28-8-4-5-15-11-35-14(3)30-15/h6,9,11-13H,4-5,7-8,10H2,1-3H3,(H2,27,28,32,33). The van der Waals surface area contributed by atoms with Crippen LogP contribution >= 0.6 is 11.3 Å². The van der Waals surface area contributed by atoms with Gasteiger partial charge in [-0.3, -0.25) is 0 Å². The van der Waals surface area contributed by atoms with Gasteiger partial charge in [-0.05, 0) is 39.7 Å². The van der Waals surface area contributed by atoms with E-state index in [0.717, 1.165) is 35.8 Å². The summed E-state index contributed by atoms with van der Waals surface area (Å²) < 4.78 is 40.7. The van der Waals surface area contributed by atoms with Crippen molar-refractivity contribution in [3.63, 3.8) is 0 Å². The number of halogens is 3. The highest BCUT2D eigenvalue weighted by Crippen LogP contribution is 2.27. The van der Waals surface area contributed by atoms with Gasteiger partial charge in [-0.1, -0.05) is 0 Å². The van der Waals surface area contributed by atoms with Crippen molar-refractivity contribution in [2.75, 3.05) is 23.7 Å². The Morgan fingerprint density at radius 2 is 1.86 bits per heavy atom. The third-order valence-electron chi connectivity index (χ3n) is 5.17. The molecule has 186 valence electrons. The van der Waals surface area contributed by atoms with Crippen molar-refractivity contribution in [1.82, 2.24) is 34.5 Å². The van der Waals surface area contributed by atoms with Gasteiger partial charge in [0, 0.05) is 37.1 Å². The number of imidazole rings is 1. The van der Waals surface area contributed by atoms with Gasteiger partial charge >= 0.3 is 6.18 Å². The van der Waals surface area contributed by atoms with Gasteiger partial charge in [-0.2, -0.15) is 23.1 Å². The fourth-order valence-electron chi connectivity index (χ4n) is 3.46. The zero-order chi connectivity index (χ0) is 25.0. The van der Waals surface area contributed by atoms with Crippen molar-refractivity contribution < 1.29 is 13.2 Å². The summed E-state index contributed by atoms with van der Waals surface area (Å²) in [4.78, 5) is 25.7. The lowest BCUT2D eigenvalue weighted by molar-refractivity contribution is -0.141. The molecule has 35 heavy (non-hydrogen) atoms. The first-order valence-corrected chi connectivity index (χ1v) is 12.1. The number of hydrogen-bond donors (Lipinski definition) is 2. The van der Waals surface area contributed by atoms with E-state index >= 15 is 0 Å². The van der Waals surface area contributed by atoms with Gasteiger partial charge in [0.15, 0.2) is 17.0 Å². The molecular formula is C22H26F3N9S. The molecule has 4 aromatic rings. The third kappa shape index (κ3) is 6.21.